The lowest BCUT2D eigenvalue weighted by atomic mass is 9.89. The summed E-state index contributed by atoms with van der Waals surface area (Å²) in [7, 11) is 0. The maximum Gasteiger partial charge on any atom is 0.232 e. The molecule has 74 valence electrons. The lowest BCUT2D eigenvalue weighted by Crippen LogP contribution is -2.16. The fourth-order valence-electron chi connectivity index (χ4n) is 2.06. The van der Waals surface area contributed by atoms with Gasteiger partial charge in [-0.1, -0.05) is 26.0 Å². The van der Waals surface area contributed by atoms with Crippen molar-refractivity contribution >= 4 is 11.6 Å². The van der Waals surface area contributed by atoms with Crippen molar-refractivity contribution in [2.75, 3.05) is 5.32 Å². The first-order valence-corrected chi connectivity index (χ1v) is 5.01. The Morgan fingerprint density at radius 3 is 2.71 bits per heavy atom. The van der Waals surface area contributed by atoms with E-state index in [4.69, 9.17) is 0 Å². The molecule has 0 saturated heterocycles. The third-order valence-electron chi connectivity index (χ3n) is 2.75. The Bertz CT molecular complexity index is 382. The fraction of sp³-hybridized carbons (Fsp3) is 0.417. The summed E-state index contributed by atoms with van der Waals surface area (Å²) in [5, 5.41) is 2.93. The Morgan fingerprint density at radius 2 is 2.07 bits per heavy atom. The molecule has 0 spiro atoms. The number of carbonyl (C=O) groups excluding carboxylic acids is 1. The molecule has 0 aliphatic carbocycles. The third kappa shape index (κ3) is 1.31. The molecular formula is C12H15NO. The summed E-state index contributed by atoms with van der Waals surface area (Å²) in [6.45, 7) is 6.20. The van der Waals surface area contributed by atoms with E-state index < -0.39 is 0 Å². The minimum absolute atomic E-state index is 0.0330. The van der Waals surface area contributed by atoms with Crippen LogP contribution < -0.4 is 5.32 Å². The van der Waals surface area contributed by atoms with Gasteiger partial charge in [-0.3, -0.25) is 4.79 Å². The van der Waals surface area contributed by atoms with Crippen LogP contribution >= 0.6 is 0 Å². The van der Waals surface area contributed by atoms with Crippen molar-refractivity contribution in [3.63, 3.8) is 0 Å². The molecule has 1 aromatic carbocycles. The fourth-order valence-corrected chi connectivity index (χ4v) is 2.06. The number of amides is 1. The van der Waals surface area contributed by atoms with E-state index in [-0.39, 0.29) is 11.8 Å². The van der Waals surface area contributed by atoms with Crippen molar-refractivity contribution in [3.05, 3.63) is 29.3 Å². The molecule has 0 aromatic heterocycles. The SMILES string of the molecule is Cc1ccc2c(c1)NC(=O)[C@@H]2C(C)C. The normalized spacial score (nSPS) is 19.7. The number of aryl methyl sites for hydroxylation is 1. The van der Waals surface area contributed by atoms with Gasteiger partial charge in [-0.2, -0.15) is 0 Å². The molecular weight excluding hydrogens is 174 g/mol. The molecule has 2 heteroatoms. The van der Waals surface area contributed by atoms with Crippen LogP contribution in [-0.4, -0.2) is 5.91 Å². The molecule has 0 fully saturated rings. The van der Waals surface area contributed by atoms with Crippen molar-refractivity contribution in [2.45, 2.75) is 26.7 Å². The third-order valence-corrected chi connectivity index (χ3v) is 2.75. The first kappa shape index (κ1) is 9.25. The summed E-state index contributed by atoms with van der Waals surface area (Å²) < 4.78 is 0. The highest BCUT2D eigenvalue weighted by Crippen LogP contribution is 2.37. The van der Waals surface area contributed by atoms with E-state index >= 15 is 0 Å². The lowest BCUT2D eigenvalue weighted by Gasteiger charge is -2.12. The van der Waals surface area contributed by atoms with Gasteiger partial charge in [0, 0.05) is 5.69 Å². The number of anilines is 1. The zero-order valence-electron chi connectivity index (χ0n) is 8.79. The molecule has 2 nitrogen and oxygen atoms in total. The van der Waals surface area contributed by atoms with Crippen LogP contribution in [0.5, 0.6) is 0 Å². The van der Waals surface area contributed by atoms with Gasteiger partial charge in [-0.05, 0) is 30.0 Å². The monoisotopic (exact) mass is 189 g/mol. The second-order valence-electron chi connectivity index (χ2n) is 4.30. The summed E-state index contributed by atoms with van der Waals surface area (Å²) >= 11 is 0. The number of hydrogen-bond acceptors (Lipinski definition) is 1. The van der Waals surface area contributed by atoms with Crippen molar-refractivity contribution in [3.8, 4) is 0 Å². The van der Waals surface area contributed by atoms with E-state index in [9.17, 15) is 4.79 Å². The van der Waals surface area contributed by atoms with Crippen molar-refractivity contribution in [1.29, 1.82) is 0 Å². The second-order valence-corrected chi connectivity index (χ2v) is 4.30. The smallest absolute Gasteiger partial charge is 0.232 e. The minimum Gasteiger partial charge on any atom is -0.325 e. The van der Waals surface area contributed by atoms with Crippen molar-refractivity contribution in [2.24, 2.45) is 5.92 Å². The van der Waals surface area contributed by atoms with E-state index in [0.29, 0.717) is 5.92 Å². The van der Waals surface area contributed by atoms with Gasteiger partial charge in [0.05, 0.1) is 5.92 Å². The first-order chi connectivity index (χ1) is 6.59. The van der Waals surface area contributed by atoms with E-state index in [0.717, 1.165) is 11.3 Å². The van der Waals surface area contributed by atoms with E-state index in [1.54, 1.807) is 0 Å². The molecule has 1 aliphatic rings. The van der Waals surface area contributed by atoms with Gasteiger partial charge in [0.1, 0.15) is 0 Å². The quantitative estimate of drug-likeness (QED) is 0.723. The standard InChI is InChI=1S/C12H15NO/c1-7(2)11-9-5-4-8(3)6-10(9)13-12(11)14/h4-7,11H,1-3H3,(H,13,14)/t11-/m1/s1. The summed E-state index contributed by atoms with van der Waals surface area (Å²) in [5.41, 5.74) is 3.33. The van der Waals surface area contributed by atoms with Crippen LogP contribution in [0.1, 0.15) is 30.9 Å². The van der Waals surface area contributed by atoms with Crippen LogP contribution in [0, 0.1) is 12.8 Å². The van der Waals surface area contributed by atoms with Crippen molar-refractivity contribution in [1.82, 2.24) is 0 Å². The minimum atomic E-state index is 0.0330. The molecule has 1 aliphatic heterocycles. The maximum absolute atomic E-state index is 11.7. The van der Waals surface area contributed by atoms with Gasteiger partial charge < -0.3 is 5.32 Å². The highest BCUT2D eigenvalue weighted by atomic mass is 16.2. The molecule has 2 rings (SSSR count). The maximum atomic E-state index is 11.7. The van der Waals surface area contributed by atoms with Gasteiger partial charge in [-0.15, -0.1) is 0 Å². The lowest BCUT2D eigenvalue weighted by molar-refractivity contribution is -0.117. The van der Waals surface area contributed by atoms with Crippen LogP contribution in [0.15, 0.2) is 18.2 Å². The van der Waals surface area contributed by atoms with Crippen LogP contribution in [0.25, 0.3) is 0 Å². The first-order valence-electron chi connectivity index (χ1n) is 5.01. The predicted molar refractivity (Wildman–Crippen MR) is 57.4 cm³/mol. The number of fused-ring (bicyclic) bond motifs is 1. The predicted octanol–water partition coefficient (Wildman–Crippen LogP) is 2.69. The second kappa shape index (κ2) is 3.12. The molecule has 14 heavy (non-hydrogen) atoms. The Kier molecular flexibility index (Phi) is 2.06. The molecule has 1 amide bonds. The molecule has 1 heterocycles. The van der Waals surface area contributed by atoms with E-state index in [1.807, 2.05) is 13.0 Å². The Morgan fingerprint density at radius 1 is 1.36 bits per heavy atom. The Labute approximate surface area is 84.3 Å². The number of carbonyl (C=O) groups is 1. The van der Waals surface area contributed by atoms with Gasteiger partial charge >= 0.3 is 0 Å². The molecule has 0 bridgehead atoms. The van der Waals surface area contributed by atoms with E-state index in [1.165, 1.54) is 5.56 Å². The molecule has 0 saturated carbocycles. The molecule has 1 aromatic rings. The topological polar surface area (TPSA) is 29.1 Å². The van der Waals surface area contributed by atoms with Crippen LogP contribution in [0.3, 0.4) is 0 Å². The van der Waals surface area contributed by atoms with Gasteiger partial charge in [0.25, 0.3) is 0 Å². The summed E-state index contributed by atoms with van der Waals surface area (Å²) in [5.74, 6) is 0.533. The highest BCUT2D eigenvalue weighted by molar-refractivity contribution is 6.03. The number of benzene rings is 1. The number of rotatable bonds is 1. The van der Waals surface area contributed by atoms with Crippen LogP contribution in [0.4, 0.5) is 5.69 Å². The zero-order valence-corrected chi connectivity index (χ0v) is 8.79. The van der Waals surface area contributed by atoms with Crippen molar-refractivity contribution < 1.29 is 4.79 Å². The van der Waals surface area contributed by atoms with E-state index in [2.05, 4.69) is 31.3 Å². The molecule has 0 unspecified atom stereocenters. The summed E-state index contributed by atoms with van der Waals surface area (Å²) in [6, 6.07) is 6.16. The molecule has 1 atom stereocenters. The summed E-state index contributed by atoms with van der Waals surface area (Å²) in [6.07, 6.45) is 0. The Balaban J connectivity index is 2.48. The summed E-state index contributed by atoms with van der Waals surface area (Å²) in [4.78, 5) is 11.7. The molecule has 0 radical (unpaired) electrons. The van der Waals surface area contributed by atoms with Gasteiger partial charge in [0.2, 0.25) is 5.91 Å². The van der Waals surface area contributed by atoms with Gasteiger partial charge in [-0.25, -0.2) is 0 Å². The average molecular weight is 189 g/mol. The zero-order chi connectivity index (χ0) is 10.3. The highest BCUT2D eigenvalue weighted by Gasteiger charge is 2.32. The number of hydrogen-bond donors (Lipinski definition) is 1. The van der Waals surface area contributed by atoms with Crippen LogP contribution in [-0.2, 0) is 4.79 Å². The molecule has 1 N–H and O–H groups in total. The van der Waals surface area contributed by atoms with Gasteiger partial charge in [0.15, 0.2) is 0 Å². The largest absolute Gasteiger partial charge is 0.325 e. The number of nitrogens with one attached hydrogen (secondary N) is 1. The van der Waals surface area contributed by atoms with Crippen LogP contribution in [0.2, 0.25) is 0 Å². The Hall–Kier alpha value is -1.31. The average Bonchev–Trinajstić information content (AvgIpc) is 2.39.